The zero-order valence-corrected chi connectivity index (χ0v) is 18.7. The van der Waals surface area contributed by atoms with Crippen molar-refractivity contribution in [3.63, 3.8) is 0 Å². The Morgan fingerprint density at radius 2 is 2.00 bits per heavy atom. The lowest BCUT2D eigenvalue weighted by Crippen LogP contribution is -2.25. The third kappa shape index (κ3) is 4.57. The summed E-state index contributed by atoms with van der Waals surface area (Å²) in [6, 6.07) is 10.2. The Morgan fingerprint density at radius 3 is 2.70 bits per heavy atom. The van der Waals surface area contributed by atoms with Gasteiger partial charge < -0.3 is 9.47 Å². The van der Waals surface area contributed by atoms with Gasteiger partial charge in [-0.2, -0.15) is 9.78 Å². The number of nitro benzene ring substituents is 1. The summed E-state index contributed by atoms with van der Waals surface area (Å²) >= 11 is 0. The Bertz CT molecular complexity index is 1260. The molecule has 1 aliphatic rings. The second-order valence-corrected chi connectivity index (χ2v) is 7.95. The number of ether oxygens (including phenoxy) is 2. The van der Waals surface area contributed by atoms with Crippen molar-refractivity contribution in [3.05, 3.63) is 68.3 Å². The third-order valence-corrected chi connectivity index (χ3v) is 5.83. The second-order valence-electron chi connectivity index (χ2n) is 7.95. The van der Waals surface area contributed by atoms with Gasteiger partial charge in [-0.05, 0) is 38.0 Å². The molecular weight excluding hydrogens is 424 g/mol. The molecule has 0 bridgehead atoms. The molecule has 3 aromatic rings. The highest BCUT2D eigenvalue weighted by Crippen LogP contribution is 2.38. The Balaban J connectivity index is 1.84. The third-order valence-electron chi connectivity index (χ3n) is 5.83. The van der Waals surface area contributed by atoms with E-state index in [1.165, 1.54) is 30.5 Å². The molecule has 0 amide bonds. The van der Waals surface area contributed by atoms with Gasteiger partial charge >= 0.3 is 5.69 Å². The predicted octanol–water partition coefficient (Wildman–Crippen LogP) is 4.64. The lowest BCUT2D eigenvalue weighted by Gasteiger charge is -2.22. The largest absolute Gasteiger partial charge is 0.493 e. The molecule has 0 atom stereocenters. The van der Waals surface area contributed by atoms with Crippen molar-refractivity contribution in [1.82, 2.24) is 9.66 Å². The normalized spacial score (nSPS) is 14.6. The molecule has 1 aliphatic carbocycles. The molecule has 9 heteroatoms. The van der Waals surface area contributed by atoms with Crippen molar-refractivity contribution >= 4 is 22.8 Å². The summed E-state index contributed by atoms with van der Waals surface area (Å²) < 4.78 is 12.1. The van der Waals surface area contributed by atoms with Gasteiger partial charge in [0.05, 0.1) is 35.8 Å². The fourth-order valence-corrected chi connectivity index (χ4v) is 4.26. The molecule has 33 heavy (non-hydrogen) atoms. The standard InChI is InChI=1S/C24H26N4O5/c1-3-33-22-20(28(30)31)13-16(14-21(22)32-2)15-25-27-23(17-9-5-4-6-10-17)26-19-12-8-7-11-18(19)24(27)29/h7-8,11-15,17H,3-6,9-10H2,1-2H3. The summed E-state index contributed by atoms with van der Waals surface area (Å²) in [6.45, 7) is 2.00. The van der Waals surface area contributed by atoms with Crippen LogP contribution in [0, 0.1) is 10.1 Å². The minimum atomic E-state index is -0.526. The summed E-state index contributed by atoms with van der Waals surface area (Å²) in [7, 11) is 1.42. The van der Waals surface area contributed by atoms with Crippen molar-refractivity contribution in [1.29, 1.82) is 0 Å². The first kappa shape index (κ1) is 22.4. The number of hydrogen-bond acceptors (Lipinski definition) is 7. The Hall–Kier alpha value is -3.75. The summed E-state index contributed by atoms with van der Waals surface area (Å²) in [5.41, 5.74) is 0.573. The van der Waals surface area contributed by atoms with E-state index in [0.717, 1.165) is 25.7 Å². The summed E-state index contributed by atoms with van der Waals surface area (Å²) in [5.74, 6) is 1.05. The fraction of sp³-hybridized carbons (Fsp3) is 0.375. The highest BCUT2D eigenvalue weighted by Gasteiger charge is 2.24. The zero-order chi connectivity index (χ0) is 23.4. The van der Waals surface area contributed by atoms with Gasteiger partial charge in [0.2, 0.25) is 5.75 Å². The van der Waals surface area contributed by atoms with E-state index < -0.39 is 4.92 Å². The Labute approximate surface area is 190 Å². The molecule has 0 unspecified atom stereocenters. The van der Waals surface area contributed by atoms with E-state index in [1.807, 2.05) is 12.1 Å². The van der Waals surface area contributed by atoms with Crippen molar-refractivity contribution < 1.29 is 14.4 Å². The molecule has 1 fully saturated rings. The number of nitro groups is 1. The second kappa shape index (κ2) is 9.81. The summed E-state index contributed by atoms with van der Waals surface area (Å²) in [4.78, 5) is 29.2. The number of para-hydroxylation sites is 1. The highest BCUT2D eigenvalue weighted by molar-refractivity contribution is 5.83. The lowest BCUT2D eigenvalue weighted by atomic mass is 9.88. The number of fused-ring (bicyclic) bond motifs is 1. The molecule has 0 saturated heterocycles. The molecule has 0 spiro atoms. The van der Waals surface area contributed by atoms with E-state index in [4.69, 9.17) is 14.5 Å². The molecule has 172 valence electrons. The number of hydrogen-bond donors (Lipinski definition) is 0. The van der Waals surface area contributed by atoms with Crippen LogP contribution < -0.4 is 15.0 Å². The van der Waals surface area contributed by atoms with Crippen LogP contribution in [-0.2, 0) is 0 Å². The number of benzene rings is 2. The zero-order valence-electron chi connectivity index (χ0n) is 18.7. The minimum Gasteiger partial charge on any atom is -0.493 e. The molecule has 4 rings (SSSR count). The number of aromatic nitrogens is 2. The van der Waals surface area contributed by atoms with Crippen LogP contribution in [0.1, 0.15) is 56.3 Å². The Kier molecular flexibility index (Phi) is 6.67. The maximum atomic E-state index is 13.3. The molecule has 0 N–H and O–H groups in total. The SMILES string of the molecule is CCOc1c(OC)cc(C=Nn2c(C3CCCCC3)nc3ccccc3c2=O)cc1[N+](=O)[O-]. The first-order chi connectivity index (χ1) is 16.0. The van der Waals surface area contributed by atoms with Gasteiger partial charge in [0.25, 0.3) is 5.56 Å². The van der Waals surface area contributed by atoms with Crippen LogP contribution in [0.4, 0.5) is 5.69 Å². The van der Waals surface area contributed by atoms with E-state index >= 15 is 0 Å². The predicted molar refractivity (Wildman–Crippen MR) is 126 cm³/mol. The number of nitrogens with zero attached hydrogens (tertiary/aromatic N) is 4. The van der Waals surface area contributed by atoms with Gasteiger partial charge in [0.15, 0.2) is 5.75 Å². The van der Waals surface area contributed by atoms with Gasteiger partial charge in [0.1, 0.15) is 5.82 Å². The van der Waals surface area contributed by atoms with Crippen molar-refractivity contribution in [2.75, 3.05) is 13.7 Å². The average molecular weight is 450 g/mol. The maximum absolute atomic E-state index is 13.3. The van der Waals surface area contributed by atoms with Gasteiger partial charge in [-0.25, -0.2) is 4.98 Å². The van der Waals surface area contributed by atoms with Crippen LogP contribution in [0.3, 0.4) is 0 Å². The van der Waals surface area contributed by atoms with E-state index in [2.05, 4.69) is 5.10 Å². The molecule has 2 aromatic carbocycles. The van der Waals surface area contributed by atoms with Crippen molar-refractivity contribution in [2.45, 2.75) is 44.9 Å². The molecule has 0 radical (unpaired) electrons. The molecule has 1 aromatic heterocycles. The number of rotatable bonds is 7. The van der Waals surface area contributed by atoms with Crippen LogP contribution >= 0.6 is 0 Å². The summed E-state index contributed by atoms with van der Waals surface area (Å²) in [5, 5.41) is 16.5. The van der Waals surface area contributed by atoms with Gasteiger partial charge in [-0.3, -0.25) is 14.9 Å². The number of methoxy groups -OCH3 is 1. The Morgan fingerprint density at radius 1 is 1.24 bits per heavy atom. The van der Waals surface area contributed by atoms with Crippen molar-refractivity contribution in [2.24, 2.45) is 5.10 Å². The van der Waals surface area contributed by atoms with Crippen LogP contribution in [0.15, 0.2) is 46.3 Å². The van der Waals surface area contributed by atoms with Crippen LogP contribution in [-0.4, -0.2) is 34.5 Å². The topological polar surface area (TPSA) is 109 Å². The van der Waals surface area contributed by atoms with Gasteiger partial charge in [-0.15, -0.1) is 0 Å². The van der Waals surface area contributed by atoms with Crippen LogP contribution in [0.5, 0.6) is 11.5 Å². The minimum absolute atomic E-state index is 0.0644. The van der Waals surface area contributed by atoms with Crippen molar-refractivity contribution in [3.8, 4) is 11.5 Å². The molecule has 1 saturated carbocycles. The van der Waals surface area contributed by atoms with E-state index in [1.54, 1.807) is 25.1 Å². The van der Waals surface area contributed by atoms with Crippen LogP contribution in [0.2, 0.25) is 0 Å². The van der Waals surface area contributed by atoms with E-state index in [9.17, 15) is 14.9 Å². The molecule has 1 heterocycles. The first-order valence-electron chi connectivity index (χ1n) is 11.1. The summed E-state index contributed by atoms with van der Waals surface area (Å²) in [6.07, 6.45) is 6.66. The molecular formula is C24H26N4O5. The molecule has 0 aliphatic heterocycles. The fourth-order valence-electron chi connectivity index (χ4n) is 4.26. The van der Waals surface area contributed by atoms with E-state index in [0.29, 0.717) is 22.3 Å². The lowest BCUT2D eigenvalue weighted by molar-refractivity contribution is -0.385. The van der Waals surface area contributed by atoms with E-state index in [-0.39, 0.29) is 35.3 Å². The van der Waals surface area contributed by atoms with Gasteiger partial charge in [0, 0.05) is 17.5 Å². The monoisotopic (exact) mass is 450 g/mol. The molecule has 9 nitrogen and oxygen atoms in total. The average Bonchev–Trinajstić information content (AvgIpc) is 2.84. The first-order valence-corrected chi connectivity index (χ1v) is 11.1. The van der Waals surface area contributed by atoms with Gasteiger partial charge in [-0.1, -0.05) is 31.4 Å². The van der Waals surface area contributed by atoms with Crippen LogP contribution in [0.25, 0.3) is 10.9 Å². The smallest absolute Gasteiger partial charge is 0.315 e. The quantitative estimate of drug-likeness (QED) is 0.295. The maximum Gasteiger partial charge on any atom is 0.315 e. The highest BCUT2D eigenvalue weighted by atomic mass is 16.6.